The maximum Gasteiger partial charge on any atom is 0.123 e. The van der Waals surface area contributed by atoms with Crippen LogP contribution in [-0.2, 0) is 6.54 Å². The zero-order chi connectivity index (χ0) is 12.0. The summed E-state index contributed by atoms with van der Waals surface area (Å²) in [6.07, 6.45) is 0. The van der Waals surface area contributed by atoms with Crippen molar-refractivity contribution in [2.75, 3.05) is 34.3 Å². The van der Waals surface area contributed by atoms with E-state index in [0.717, 1.165) is 18.7 Å². The number of benzene rings is 1. The highest BCUT2D eigenvalue weighted by atomic mass is 16.5. The summed E-state index contributed by atoms with van der Waals surface area (Å²) in [4.78, 5) is 2.11. The van der Waals surface area contributed by atoms with Gasteiger partial charge in [-0.2, -0.15) is 0 Å². The minimum absolute atomic E-state index is 0.275. The van der Waals surface area contributed by atoms with Crippen LogP contribution in [0.5, 0.6) is 11.5 Å². The Morgan fingerprint density at radius 1 is 1.38 bits per heavy atom. The number of phenols is 1. The monoisotopic (exact) mass is 224 g/mol. The molecule has 0 aliphatic rings. The predicted octanol–water partition coefficient (Wildman–Crippen LogP) is 1.05. The molecule has 0 saturated carbocycles. The summed E-state index contributed by atoms with van der Waals surface area (Å²) in [7, 11) is 5.66. The molecular formula is C12H20N2O2. The van der Waals surface area contributed by atoms with E-state index < -0.39 is 0 Å². The van der Waals surface area contributed by atoms with Crippen molar-refractivity contribution in [2.24, 2.45) is 0 Å². The molecule has 0 saturated heterocycles. The molecule has 4 nitrogen and oxygen atoms in total. The molecule has 1 rings (SSSR count). The van der Waals surface area contributed by atoms with Crippen molar-refractivity contribution in [2.45, 2.75) is 6.54 Å². The lowest BCUT2D eigenvalue weighted by molar-refractivity contribution is 0.395. The Bertz CT molecular complexity index is 327. The number of hydrogen-bond donors (Lipinski definition) is 2. The summed E-state index contributed by atoms with van der Waals surface area (Å²) in [5.74, 6) is 0.950. The van der Waals surface area contributed by atoms with E-state index in [1.165, 1.54) is 0 Å². The van der Waals surface area contributed by atoms with Gasteiger partial charge < -0.3 is 20.1 Å². The third-order valence-corrected chi connectivity index (χ3v) is 2.34. The van der Waals surface area contributed by atoms with Crippen molar-refractivity contribution >= 4 is 0 Å². The van der Waals surface area contributed by atoms with Crippen LogP contribution in [0.2, 0.25) is 0 Å². The summed E-state index contributed by atoms with van der Waals surface area (Å²) in [5.41, 5.74) is 0.888. The molecule has 0 aliphatic carbocycles. The highest BCUT2D eigenvalue weighted by Gasteiger charge is 2.02. The van der Waals surface area contributed by atoms with Crippen molar-refractivity contribution in [3.63, 3.8) is 0 Å². The fraction of sp³-hybridized carbons (Fsp3) is 0.500. The van der Waals surface area contributed by atoms with Crippen LogP contribution in [-0.4, -0.2) is 44.3 Å². The van der Waals surface area contributed by atoms with E-state index in [1.807, 2.05) is 26.2 Å². The molecular weight excluding hydrogens is 204 g/mol. The van der Waals surface area contributed by atoms with Gasteiger partial charge in [-0.1, -0.05) is 6.07 Å². The Kier molecular flexibility index (Phi) is 5.08. The van der Waals surface area contributed by atoms with E-state index in [2.05, 4.69) is 10.2 Å². The summed E-state index contributed by atoms with van der Waals surface area (Å²) in [5, 5.41) is 13.0. The summed E-state index contributed by atoms with van der Waals surface area (Å²) < 4.78 is 5.02. The average Bonchev–Trinajstić information content (AvgIpc) is 2.25. The van der Waals surface area contributed by atoms with E-state index in [0.29, 0.717) is 12.3 Å². The molecule has 0 fully saturated rings. The third-order valence-electron chi connectivity index (χ3n) is 2.34. The maximum absolute atomic E-state index is 9.70. The quantitative estimate of drug-likeness (QED) is 0.709. The van der Waals surface area contributed by atoms with Gasteiger partial charge in [0.1, 0.15) is 11.5 Å². The number of nitrogens with zero attached hydrogens (tertiary/aromatic N) is 1. The lowest BCUT2D eigenvalue weighted by Crippen LogP contribution is -2.26. The van der Waals surface area contributed by atoms with Gasteiger partial charge in [-0.15, -0.1) is 0 Å². The lowest BCUT2D eigenvalue weighted by atomic mass is 10.2. The molecule has 90 valence electrons. The molecule has 0 radical (unpaired) electrons. The minimum atomic E-state index is 0.275. The van der Waals surface area contributed by atoms with E-state index in [-0.39, 0.29) is 5.75 Å². The Balaban J connectivity index is 2.42. The van der Waals surface area contributed by atoms with Gasteiger partial charge in [-0.3, -0.25) is 0 Å². The Morgan fingerprint density at radius 3 is 2.69 bits per heavy atom. The first-order valence-corrected chi connectivity index (χ1v) is 5.35. The molecule has 0 aliphatic heterocycles. The molecule has 16 heavy (non-hydrogen) atoms. The Morgan fingerprint density at radius 2 is 2.12 bits per heavy atom. The van der Waals surface area contributed by atoms with Crippen molar-refractivity contribution in [3.05, 3.63) is 23.8 Å². The van der Waals surface area contributed by atoms with Gasteiger partial charge in [0, 0.05) is 31.3 Å². The van der Waals surface area contributed by atoms with Crippen molar-refractivity contribution in [1.82, 2.24) is 10.2 Å². The van der Waals surface area contributed by atoms with Crippen molar-refractivity contribution in [3.8, 4) is 11.5 Å². The van der Waals surface area contributed by atoms with Crippen LogP contribution in [0.3, 0.4) is 0 Å². The van der Waals surface area contributed by atoms with E-state index in [9.17, 15) is 5.11 Å². The predicted molar refractivity (Wildman–Crippen MR) is 64.9 cm³/mol. The molecule has 0 spiro atoms. The molecule has 1 aromatic carbocycles. The zero-order valence-corrected chi connectivity index (χ0v) is 10.2. The molecule has 0 unspecified atom stereocenters. The highest BCUT2D eigenvalue weighted by molar-refractivity contribution is 5.39. The molecule has 0 amide bonds. The first kappa shape index (κ1) is 12.8. The summed E-state index contributed by atoms with van der Waals surface area (Å²) >= 11 is 0. The van der Waals surface area contributed by atoms with E-state index in [1.54, 1.807) is 13.2 Å². The molecule has 0 aromatic heterocycles. The Hall–Kier alpha value is -1.26. The standard InChI is InChI=1S/C12H20N2O2/c1-14(2)7-6-13-9-10-4-5-11(16-3)8-12(10)15/h4-5,8,13,15H,6-7,9H2,1-3H3. The number of nitrogens with one attached hydrogen (secondary N) is 1. The van der Waals surface area contributed by atoms with Crippen LogP contribution >= 0.6 is 0 Å². The van der Waals surface area contributed by atoms with Gasteiger partial charge >= 0.3 is 0 Å². The first-order valence-electron chi connectivity index (χ1n) is 5.35. The van der Waals surface area contributed by atoms with Gasteiger partial charge in [0.2, 0.25) is 0 Å². The second-order valence-corrected chi connectivity index (χ2v) is 3.97. The number of ether oxygens (including phenoxy) is 1. The van der Waals surface area contributed by atoms with E-state index in [4.69, 9.17) is 4.74 Å². The SMILES string of the molecule is COc1ccc(CNCCN(C)C)c(O)c1. The van der Waals surface area contributed by atoms with Gasteiger partial charge in [-0.05, 0) is 20.2 Å². The largest absolute Gasteiger partial charge is 0.507 e. The minimum Gasteiger partial charge on any atom is -0.507 e. The molecule has 0 heterocycles. The van der Waals surface area contributed by atoms with Crippen molar-refractivity contribution < 1.29 is 9.84 Å². The second kappa shape index (κ2) is 6.35. The molecule has 0 atom stereocenters. The van der Waals surface area contributed by atoms with Crippen LogP contribution in [0.1, 0.15) is 5.56 Å². The number of rotatable bonds is 6. The number of hydrogen-bond acceptors (Lipinski definition) is 4. The first-order chi connectivity index (χ1) is 7.63. The maximum atomic E-state index is 9.70. The van der Waals surface area contributed by atoms with E-state index >= 15 is 0 Å². The van der Waals surface area contributed by atoms with Crippen LogP contribution in [0.15, 0.2) is 18.2 Å². The number of aromatic hydroxyl groups is 1. The van der Waals surface area contributed by atoms with Crippen LogP contribution in [0.25, 0.3) is 0 Å². The van der Waals surface area contributed by atoms with Crippen molar-refractivity contribution in [1.29, 1.82) is 0 Å². The Labute approximate surface area is 96.8 Å². The third kappa shape index (κ3) is 4.08. The van der Waals surface area contributed by atoms with Gasteiger partial charge in [0.25, 0.3) is 0 Å². The number of likely N-dealkylation sites (N-methyl/N-ethyl adjacent to an activating group) is 1. The van der Waals surface area contributed by atoms with Gasteiger partial charge in [-0.25, -0.2) is 0 Å². The van der Waals surface area contributed by atoms with Crippen LogP contribution in [0, 0.1) is 0 Å². The van der Waals surface area contributed by atoms with Crippen LogP contribution in [0.4, 0.5) is 0 Å². The van der Waals surface area contributed by atoms with Gasteiger partial charge in [0.05, 0.1) is 7.11 Å². The molecule has 4 heteroatoms. The van der Waals surface area contributed by atoms with Crippen LogP contribution < -0.4 is 10.1 Å². The number of phenolic OH excluding ortho intramolecular Hbond substituents is 1. The summed E-state index contributed by atoms with van der Waals surface area (Å²) in [6, 6.07) is 5.35. The second-order valence-electron chi connectivity index (χ2n) is 3.97. The average molecular weight is 224 g/mol. The number of methoxy groups -OCH3 is 1. The highest BCUT2D eigenvalue weighted by Crippen LogP contribution is 2.22. The van der Waals surface area contributed by atoms with Gasteiger partial charge in [0.15, 0.2) is 0 Å². The molecule has 2 N–H and O–H groups in total. The fourth-order valence-corrected chi connectivity index (χ4v) is 1.35. The zero-order valence-electron chi connectivity index (χ0n) is 10.2. The fourth-order valence-electron chi connectivity index (χ4n) is 1.35. The summed E-state index contributed by atoms with van der Waals surface area (Å²) in [6.45, 7) is 2.55. The molecule has 1 aromatic rings. The topological polar surface area (TPSA) is 44.7 Å². The lowest BCUT2D eigenvalue weighted by Gasteiger charge is -2.11. The molecule has 0 bridgehead atoms. The smallest absolute Gasteiger partial charge is 0.123 e. The normalized spacial score (nSPS) is 10.8.